The Hall–Kier alpha value is -0.300. The van der Waals surface area contributed by atoms with Crippen molar-refractivity contribution in [3.8, 4) is 0 Å². The Morgan fingerprint density at radius 2 is 2.33 bits per heavy atom. The maximum Gasteiger partial charge on any atom is 0.0600 e. The van der Waals surface area contributed by atoms with Gasteiger partial charge >= 0.3 is 0 Å². The van der Waals surface area contributed by atoms with Crippen molar-refractivity contribution in [2.24, 2.45) is 5.92 Å². The number of aliphatic hydroxyl groups excluding tert-OH is 1. The second kappa shape index (κ2) is 3.02. The van der Waals surface area contributed by atoms with E-state index in [4.69, 9.17) is 0 Å². The average Bonchev–Trinajstić information content (AvgIpc) is 1.99. The predicted octanol–water partition coefficient (Wildman–Crippen LogP) is 1.72. The third kappa shape index (κ3) is 1.83. The molecule has 52 valence electrons. The van der Waals surface area contributed by atoms with E-state index in [1.807, 2.05) is 0 Å². The molecule has 0 aromatic rings. The molecule has 0 unspecified atom stereocenters. The maximum absolute atomic E-state index is 9.31. The van der Waals surface area contributed by atoms with Crippen LogP contribution >= 0.6 is 0 Å². The van der Waals surface area contributed by atoms with E-state index >= 15 is 0 Å². The van der Waals surface area contributed by atoms with Crippen molar-refractivity contribution in [1.29, 1.82) is 0 Å². The minimum absolute atomic E-state index is 0.0938. The van der Waals surface area contributed by atoms with E-state index < -0.39 is 0 Å². The molecule has 0 spiro atoms. The predicted molar refractivity (Wildman–Crippen MR) is 38.2 cm³/mol. The molecule has 0 bridgehead atoms. The summed E-state index contributed by atoms with van der Waals surface area (Å²) in [5, 5.41) is 9.31. The Kier molecular flexibility index (Phi) is 2.29. The van der Waals surface area contributed by atoms with Gasteiger partial charge in [-0.1, -0.05) is 19.1 Å². The van der Waals surface area contributed by atoms with E-state index in [9.17, 15) is 5.11 Å². The van der Waals surface area contributed by atoms with Crippen molar-refractivity contribution in [2.45, 2.75) is 32.3 Å². The van der Waals surface area contributed by atoms with Gasteiger partial charge in [0.05, 0.1) is 6.10 Å². The first kappa shape index (κ1) is 6.81. The summed E-state index contributed by atoms with van der Waals surface area (Å²) >= 11 is 0. The largest absolute Gasteiger partial charge is 0.393 e. The first-order chi connectivity index (χ1) is 4.30. The van der Waals surface area contributed by atoms with E-state index in [1.54, 1.807) is 0 Å². The molecule has 0 aliphatic heterocycles. The van der Waals surface area contributed by atoms with Crippen molar-refractivity contribution in [3.05, 3.63) is 12.2 Å². The quantitative estimate of drug-likeness (QED) is 0.490. The van der Waals surface area contributed by atoms with Gasteiger partial charge in [0.15, 0.2) is 0 Å². The van der Waals surface area contributed by atoms with Crippen molar-refractivity contribution < 1.29 is 5.11 Å². The Labute approximate surface area is 56.4 Å². The lowest BCUT2D eigenvalue weighted by molar-refractivity contribution is 0.129. The van der Waals surface area contributed by atoms with Crippen molar-refractivity contribution in [3.63, 3.8) is 0 Å². The molecule has 0 fully saturated rings. The summed E-state index contributed by atoms with van der Waals surface area (Å²) in [5.41, 5.74) is 0. The van der Waals surface area contributed by atoms with Crippen LogP contribution in [0.2, 0.25) is 0 Å². The zero-order valence-electron chi connectivity index (χ0n) is 5.88. The van der Waals surface area contributed by atoms with Gasteiger partial charge < -0.3 is 5.11 Å². The van der Waals surface area contributed by atoms with Gasteiger partial charge in [-0.2, -0.15) is 0 Å². The van der Waals surface area contributed by atoms with Crippen LogP contribution in [-0.4, -0.2) is 11.2 Å². The molecule has 1 rings (SSSR count). The molecule has 0 saturated heterocycles. The molecule has 1 aliphatic carbocycles. The molecule has 0 amide bonds. The molecule has 1 nitrogen and oxygen atoms in total. The van der Waals surface area contributed by atoms with Gasteiger partial charge in [-0.3, -0.25) is 0 Å². The van der Waals surface area contributed by atoms with Gasteiger partial charge in [0.25, 0.3) is 0 Å². The SMILES string of the molecule is C[C@@H]1C=CCCC[C@H]1O. The van der Waals surface area contributed by atoms with Crippen molar-refractivity contribution >= 4 is 0 Å². The Bertz CT molecular complexity index is 107. The summed E-state index contributed by atoms with van der Waals surface area (Å²) in [6.07, 6.45) is 7.43. The Morgan fingerprint density at radius 1 is 1.56 bits per heavy atom. The molecule has 0 aromatic carbocycles. The fourth-order valence-electron chi connectivity index (χ4n) is 1.15. The Balaban J connectivity index is 2.46. The van der Waals surface area contributed by atoms with E-state index in [1.165, 1.54) is 0 Å². The first-order valence-electron chi connectivity index (χ1n) is 3.65. The summed E-state index contributed by atoms with van der Waals surface area (Å²) in [5.74, 6) is 0.368. The topological polar surface area (TPSA) is 20.2 Å². The molecular weight excluding hydrogens is 112 g/mol. The lowest BCUT2D eigenvalue weighted by Crippen LogP contribution is -2.13. The van der Waals surface area contributed by atoms with Gasteiger partial charge in [0.1, 0.15) is 0 Å². The minimum Gasteiger partial charge on any atom is -0.393 e. The number of hydrogen-bond donors (Lipinski definition) is 1. The van der Waals surface area contributed by atoms with Crippen LogP contribution < -0.4 is 0 Å². The standard InChI is InChI=1S/C8H14O/c1-7-5-3-2-4-6-8(7)9/h3,5,7-9H,2,4,6H2,1H3/t7-,8-/m1/s1. The highest BCUT2D eigenvalue weighted by Crippen LogP contribution is 2.16. The van der Waals surface area contributed by atoms with Gasteiger partial charge in [0.2, 0.25) is 0 Å². The van der Waals surface area contributed by atoms with E-state index in [2.05, 4.69) is 19.1 Å². The van der Waals surface area contributed by atoms with Crippen LogP contribution in [-0.2, 0) is 0 Å². The van der Waals surface area contributed by atoms with Crippen LogP contribution in [0.5, 0.6) is 0 Å². The van der Waals surface area contributed by atoms with E-state index in [0.717, 1.165) is 19.3 Å². The van der Waals surface area contributed by atoms with Gasteiger partial charge in [-0.25, -0.2) is 0 Å². The van der Waals surface area contributed by atoms with Crippen LogP contribution in [0.4, 0.5) is 0 Å². The molecule has 1 N–H and O–H groups in total. The molecule has 1 heteroatoms. The zero-order valence-corrected chi connectivity index (χ0v) is 5.88. The molecule has 0 saturated carbocycles. The van der Waals surface area contributed by atoms with Gasteiger partial charge in [-0.05, 0) is 25.2 Å². The normalized spacial score (nSPS) is 36.2. The summed E-state index contributed by atoms with van der Waals surface area (Å²) in [6.45, 7) is 2.06. The highest BCUT2D eigenvalue weighted by molar-refractivity contribution is 4.92. The maximum atomic E-state index is 9.31. The summed E-state index contributed by atoms with van der Waals surface area (Å²) < 4.78 is 0. The summed E-state index contributed by atoms with van der Waals surface area (Å²) in [4.78, 5) is 0. The van der Waals surface area contributed by atoms with Crippen molar-refractivity contribution in [2.75, 3.05) is 0 Å². The van der Waals surface area contributed by atoms with Crippen LogP contribution in [0.3, 0.4) is 0 Å². The van der Waals surface area contributed by atoms with Crippen LogP contribution in [0.15, 0.2) is 12.2 Å². The molecule has 9 heavy (non-hydrogen) atoms. The van der Waals surface area contributed by atoms with Crippen LogP contribution in [0.1, 0.15) is 26.2 Å². The average molecular weight is 126 g/mol. The second-order valence-corrected chi connectivity index (χ2v) is 2.79. The third-order valence-corrected chi connectivity index (χ3v) is 1.92. The minimum atomic E-state index is -0.0938. The van der Waals surface area contributed by atoms with Gasteiger partial charge in [0, 0.05) is 0 Å². The highest BCUT2D eigenvalue weighted by atomic mass is 16.3. The number of aliphatic hydroxyl groups is 1. The van der Waals surface area contributed by atoms with E-state index in [-0.39, 0.29) is 6.10 Å². The van der Waals surface area contributed by atoms with Gasteiger partial charge in [-0.15, -0.1) is 0 Å². The number of hydrogen-bond acceptors (Lipinski definition) is 1. The first-order valence-corrected chi connectivity index (χ1v) is 3.65. The second-order valence-electron chi connectivity index (χ2n) is 2.79. The molecule has 0 heterocycles. The summed E-state index contributed by atoms with van der Waals surface area (Å²) in [6, 6.07) is 0. The monoisotopic (exact) mass is 126 g/mol. The fourth-order valence-corrected chi connectivity index (χ4v) is 1.15. The van der Waals surface area contributed by atoms with Crippen molar-refractivity contribution in [1.82, 2.24) is 0 Å². The molecule has 0 radical (unpaired) electrons. The number of rotatable bonds is 0. The van der Waals surface area contributed by atoms with E-state index in [0.29, 0.717) is 5.92 Å². The molecule has 2 atom stereocenters. The lowest BCUT2D eigenvalue weighted by Gasteiger charge is -2.11. The number of allylic oxidation sites excluding steroid dienone is 1. The highest BCUT2D eigenvalue weighted by Gasteiger charge is 2.11. The van der Waals surface area contributed by atoms with Crippen LogP contribution in [0, 0.1) is 5.92 Å². The summed E-state index contributed by atoms with van der Waals surface area (Å²) in [7, 11) is 0. The third-order valence-electron chi connectivity index (χ3n) is 1.92. The molecule has 0 aromatic heterocycles. The van der Waals surface area contributed by atoms with Crippen LogP contribution in [0.25, 0.3) is 0 Å². The Morgan fingerprint density at radius 3 is 3.11 bits per heavy atom. The smallest absolute Gasteiger partial charge is 0.0600 e. The molecule has 1 aliphatic rings. The lowest BCUT2D eigenvalue weighted by atomic mass is 10.0. The zero-order chi connectivity index (χ0) is 6.69. The molecular formula is C8H14O. The fraction of sp³-hybridized carbons (Fsp3) is 0.750.